The number of halogens is 3. The molecule has 0 aliphatic carbocycles. The molecule has 0 radical (unpaired) electrons. The average Bonchev–Trinajstić information content (AvgIpc) is 3.25. The molecule has 2 rings (SSSR count). The van der Waals surface area contributed by atoms with E-state index in [0.717, 1.165) is 20.0 Å². The van der Waals surface area contributed by atoms with Crippen LogP contribution >= 0.6 is 0 Å². The Hall–Kier alpha value is -2.41. The Balaban J connectivity index is 0. The minimum atomic E-state index is -6.09. The Kier molecular flexibility index (Phi) is 16.1. The van der Waals surface area contributed by atoms with Gasteiger partial charge in [0.2, 0.25) is 12.7 Å². The molecule has 0 N–H and O–H groups in total. The molecule has 0 bridgehead atoms. The number of alkyl halides is 3. The van der Waals surface area contributed by atoms with Gasteiger partial charge in [0, 0.05) is 5.97 Å². The number of aromatic nitrogens is 4. The second-order valence-corrected chi connectivity index (χ2v) is 8.10. The number of nitrogens with zero attached hydrogens (tertiary/aromatic N) is 4. The number of hydrogen-bond acceptors (Lipinski definition) is 5. The summed E-state index contributed by atoms with van der Waals surface area (Å²) in [4.78, 5) is 8.89. The van der Waals surface area contributed by atoms with E-state index in [-0.39, 0.29) is 0 Å². The molecule has 0 amide bonds. The van der Waals surface area contributed by atoms with Gasteiger partial charge in [-0.1, -0.05) is 26.7 Å². The zero-order chi connectivity index (χ0) is 25.4. The number of imidazole rings is 2. The summed E-state index contributed by atoms with van der Waals surface area (Å²) in [6.07, 6.45) is 17.6. The summed E-state index contributed by atoms with van der Waals surface area (Å²) in [7, 11) is -2.00. The lowest BCUT2D eigenvalue weighted by Gasteiger charge is -2.08. The van der Waals surface area contributed by atoms with Crippen molar-refractivity contribution in [1.29, 1.82) is 0 Å². The van der Waals surface area contributed by atoms with Gasteiger partial charge in [0.25, 0.3) is 0 Å². The summed E-state index contributed by atoms with van der Waals surface area (Å²) in [6, 6.07) is 0. The molecule has 0 aromatic carbocycles. The highest BCUT2D eigenvalue weighted by molar-refractivity contribution is 7.86. The SMILES string of the molecule is CC(=O)[O-].CCCCn1cc[n+](C)c1.CCCCn1cc[n+](C)c1.O=S(=O)([O-])C(F)(F)F. The number of carboxylic acids is 1. The minimum Gasteiger partial charge on any atom is -0.741 e. The van der Waals surface area contributed by atoms with Crippen molar-refractivity contribution in [3.05, 3.63) is 37.4 Å². The number of hydrogen-bond donors (Lipinski definition) is 0. The van der Waals surface area contributed by atoms with Gasteiger partial charge < -0.3 is 14.5 Å². The van der Waals surface area contributed by atoms with Crippen LogP contribution in [0.5, 0.6) is 0 Å². The lowest BCUT2D eigenvalue weighted by Crippen LogP contribution is -2.23. The fraction of sp³-hybridized carbons (Fsp3) is 0.632. The van der Waals surface area contributed by atoms with Gasteiger partial charge >= 0.3 is 5.51 Å². The number of carbonyl (C=O) groups excluding carboxylic acids is 1. The number of aryl methyl sites for hydroxylation is 4. The van der Waals surface area contributed by atoms with Crippen molar-refractivity contribution in [3.63, 3.8) is 0 Å². The highest BCUT2D eigenvalue weighted by Crippen LogP contribution is 2.20. The number of rotatable bonds is 6. The molecule has 0 aliphatic rings. The van der Waals surface area contributed by atoms with Crippen LogP contribution in [0.15, 0.2) is 37.4 Å². The first-order chi connectivity index (χ1) is 14.6. The van der Waals surface area contributed by atoms with E-state index >= 15 is 0 Å². The predicted octanol–water partition coefficient (Wildman–Crippen LogP) is 1.03. The van der Waals surface area contributed by atoms with Crippen LogP contribution in [0.1, 0.15) is 46.5 Å². The van der Waals surface area contributed by atoms with Gasteiger partial charge in [0.05, 0.1) is 27.2 Å². The number of carbonyl (C=O) groups is 1. The topological polar surface area (TPSA) is 115 Å². The Bertz CT molecular complexity index is 816. The van der Waals surface area contributed by atoms with Crippen molar-refractivity contribution in [1.82, 2.24) is 9.13 Å². The van der Waals surface area contributed by atoms with Gasteiger partial charge in [-0.3, -0.25) is 0 Å². The molecule has 0 spiro atoms. The van der Waals surface area contributed by atoms with E-state index in [0.29, 0.717) is 0 Å². The lowest BCUT2D eigenvalue weighted by atomic mass is 10.3. The Morgan fingerprint density at radius 2 is 1.22 bits per heavy atom. The number of aliphatic carboxylic acids is 1. The Morgan fingerprint density at radius 3 is 1.38 bits per heavy atom. The van der Waals surface area contributed by atoms with Crippen LogP contribution in [0.25, 0.3) is 0 Å². The molecule has 0 saturated carbocycles. The molecule has 0 unspecified atom stereocenters. The van der Waals surface area contributed by atoms with Crippen LogP contribution in [0, 0.1) is 0 Å². The molecule has 32 heavy (non-hydrogen) atoms. The van der Waals surface area contributed by atoms with Crippen LogP contribution in [-0.2, 0) is 42.1 Å². The van der Waals surface area contributed by atoms with Crippen LogP contribution in [0.4, 0.5) is 13.2 Å². The van der Waals surface area contributed by atoms with E-state index < -0.39 is 21.6 Å². The normalized spacial score (nSPS) is 10.7. The zero-order valence-electron chi connectivity index (χ0n) is 19.1. The van der Waals surface area contributed by atoms with Crippen molar-refractivity contribution in [3.8, 4) is 0 Å². The molecule has 2 heterocycles. The van der Waals surface area contributed by atoms with Gasteiger partial charge in [-0.15, -0.1) is 0 Å². The molecule has 2 aromatic rings. The molecule has 0 atom stereocenters. The number of unbranched alkanes of at least 4 members (excludes halogenated alkanes) is 2. The summed E-state index contributed by atoms with van der Waals surface area (Å²) < 4.78 is 67.5. The van der Waals surface area contributed by atoms with E-state index in [9.17, 15) is 13.2 Å². The van der Waals surface area contributed by atoms with Crippen LogP contribution < -0.4 is 14.2 Å². The quantitative estimate of drug-likeness (QED) is 0.344. The maximum atomic E-state index is 10.7. The molecule has 0 saturated heterocycles. The van der Waals surface area contributed by atoms with E-state index in [1.54, 1.807) is 0 Å². The third-order valence-corrected chi connectivity index (χ3v) is 4.04. The van der Waals surface area contributed by atoms with Crippen molar-refractivity contribution in [2.24, 2.45) is 14.1 Å². The largest absolute Gasteiger partial charge is 0.741 e. The fourth-order valence-electron chi connectivity index (χ4n) is 1.95. The van der Waals surface area contributed by atoms with E-state index in [2.05, 4.69) is 69.6 Å². The molecule has 2 aromatic heterocycles. The smallest absolute Gasteiger partial charge is 0.485 e. The van der Waals surface area contributed by atoms with Crippen LogP contribution in [0.2, 0.25) is 0 Å². The fourth-order valence-corrected chi connectivity index (χ4v) is 1.95. The van der Waals surface area contributed by atoms with Gasteiger partial charge in [-0.25, -0.2) is 26.7 Å². The first kappa shape index (κ1) is 31.8. The maximum absolute atomic E-state index is 10.7. The summed E-state index contributed by atoms with van der Waals surface area (Å²) in [5, 5.41) is 8.89. The summed E-state index contributed by atoms with van der Waals surface area (Å²) in [5.74, 6) is -1.08. The van der Waals surface area contributed by atoms with E-state index in [1.165, 1.54) is 25.7 Å². The summed E-state index contributed by atoms with van der Waals surface area (Å²) >= 11 is 0. The highest BCUT2D eigenvalue weighted by atomic mass is 32.2. The average molecular weight is 487 g/mol. The first-order valence-electron chi connectivity index (χ1n) is 9.85. The minimum absolute atomic E-state index is 0.972. The molecule has 0 aliphatic heterocycles. The van der Waals surface area contributed by atoms with Crippen LogP contribution in [-0.4, -0.2) is 33.6 Å². The van der Waals surface area contributed by atoms with Gasteiger partial charge in [0.1, 0.15) is 24.8 Å². The molecular formula is C19H33F3N4O5S. The predicted molar refractivity (Wildman–Crippen MR) is 107 cm³/mol. The van der Waals surface area contributed by atoms with E-state index in [4.69, 9.17) is 22.9 Å². The van der Waals surface area contributed by atoms with Gasteiger partial charge in [-0.05, 0) is 19.8 Å². The third kappa shape index (κ3) is 18.4. The lowest BCUT2D eigenvalue weighted by molar-refractivity contribution is -0.671. The molecule has 9 nitrogen and oxygen atoms in total. The van der Waals surface area contributed by atoms with Crippen molar-refractivity contribution >= 4 is 16.1 Å². The Labute approximate surface area is 187 Å². The van der Waals surface area contributed by atoms with Crippen LogP contribution in [0.3, 0.4) is 0 Å². The van der Waals surface area contributed by atoms with Crippen molar-refractivity contribution in [2.75, 3.05) is 0 Å². The van der Waals surface area contributed by atoms with Gasteiger partial charge in [0.15, 0.2) is 10.1 Å². The standard InChI is InChI=1S/2C8H15N2.C2H4O2.CHF3O3S/c2*1-3-4-5-10-7-6-9(2)8-10;1-2(3)4;2-1(3,4)8(5,6)7/h2*6-8H,3-5H2,1-2H3;1H3,(H,3,4);(H,5,6,7)/q2*+1;;/p-2. The summed E-state index contributed by atoms with van der Waals surface area (Å²) in [6.45, 7) is 7.70. The number of carboxylic acid groups (broad SMARTS) is 1. The van der Waals surface area contributed by atoms with Crippen molar-refractivity contribution in [2.45, 2.75) is 65.1 Å². The highest BCUT2D eigenvalue weighted by Gasteiger charge is 2.36. The van der Waals surface area contributed by atoms with E-state index in [1.807, 2.05) is 14.1 Å². The Morgan fingerprint density at radius 1 is 0.938 bits per heavy atom. The third-order valence-electron chi connectivity index (χ3n) is 3.47. The zero-order valence-corrected chi connectivity index (χ0v) is 19.9. The second-order valence-electron chi connectivity index (χ2n) is 6.73. The monoisotopic (exact) mass is 486 g/mol. The molecular weight excluding hydrogens is 453 g/mol. The maximum Gasteiger partial charge on any atom is 0.485 e. The summed E-state index contributed by atoms with van der Waals surface area (Å²) in [5.41, 5.74) is -5.65. The first-order valence-corrected chi connectivity index (χ1v) is 11.3. The molecule has 0 fully saturated rings. The molecule has 186 valence electrons. The second kappa shape index (κ2) is 16.3. The molecule has 13 heteroatoms. The van der Waals surface area contributed by atoms with Gasteiger partial charge in [-0.2, -0.15) is 13.2 Å². The van der Waals surface area contributed by atoms with Crippen molar-refractivity contribution < 1.29 is 45.2 Å².